The Morgan fingerprint density at radius 2 is 0.852 bits per heavy atom. The van der Waals surface area contributed by atoms with Gasteiger partial charge in [0.2, 0.25) is 0 Å². The van der Waals surface area contributed by atoms with Crippen LogP contribution in [0, 0.1) is 0 Å². The molecule has 3 nitrogen and oxygen atoms in total. The first-order valence-electron chi connectivity index (χ1n) is 18.1. The Hall–Kier alpha value is -5.37. The van der Waals surface area contributed by atoms with Crippen molar-refractivity contribution in [3.63, 3.8) is 0 Å². The quantitative estimate of drug-likeness (QED) is 0.128. The molecule has 0 spiro atoms. The second kappa shape index (κ2) is 11.6. The first-order chi connectivity index (χ1) is 26.7. The Bertz CT molecular complexity index is 3530. The van der Waals surface area contributed by atoms with Crippen LogP contribution in [0.5, 0.6) is 0 Å². The fourth-order valence-electron chi connectivity index (χ4n) is 8.88. The van der Waals surface area contributed by atoms with E-state index in [0.717, 1.165) is 38.1 Å². The van der Waals surface area contributed by atoms with Crippen LogP contribution in [0.25, 0.3) is 87.9 Å². The van der Waals surface area contributed by atoms with Gasteiger partial charge in [0.1, 0.15) is 0 Å². The van der Waals surface area contributed by atoms with Crippen molar-refractivity contribution in [3.05, 3.63) is 176 Å². The van der Waals surface area contributed by atoms with Crippen molar-refractivity contribution in [2.45, 2.75) is 0 Å². The van der Waals surface area contributed by atoms with E-state index in [1.165, 1.54) is 60.4 Å². The van der Waals surface area contributed by atoms with Crippen LogP contribution in [0.1, 0.15) is 0 Å². The van der Waals surface area contributed by atoms with Crippen LogP contribution in [0.15, 0.2) is 176 Å². The van der Waals surface area contributed by atoms with Gasteiger partial charge >= 0.3 is 324 Å². The minimum absolute atomic E-state index is 0.184. The van der Waals surface area contributed by atoms with Crippen LogP contribution in [0.3, 0.4) is 0 Å². The predicted molar refractivity (Wildman–Crippen MR) is 233 cm³/mol. The Balaban J connectivity index is 1.17. The summed E-state index contributed by atoms with van der Waals surface area (Å²) >= 11 is 0.446. The summed E-state index contributed by atoms with van der Waals surface area (Å²) < 4.78 is 26.9. The number of benzene rings is 8. The molecule has 0 N–H and O–H groups in total. The van der Waals surface area contributed by atoms with E-state index >= 15 is 4.57 Å². The molecule has 0 aliphatic heterocycles. The van der Waals surface area contributed by atoms with Gasteiger partial charge in [-0.15, -0.1) is 0 Å². The van der Waals surface area contributed by atoms with Crippen LogP contribution < -0.4 is 10.6 Å². The van der Waals surface area contributed by atoms with E-state index in [1.807, 2.05) is 30.3 Å². The second-order valence-corrected chi connectivity index (χ2v) is 21.1. The molecule has 0 amide bonds. The van der Waals surface area contributed by atoms with Gasteiger partial charge < -0.3 is 0 Å². The Kier molecular flexibility index (Phi) is 6.64. The van der Waals surface area contributed by atoms with Crippen molar-refractivity contribution < 1.29 is 4.57 Å². The van der Waals surface area contributed by atoms with Crippen LogP contribution in [0.4, 0.5) is 0 Å². The van der Waals surface area contributed by atoms with E-state index in [1.54, 1.807) is 0 Å². The Labute approximate surface area is 322 Å². The summed E-state index contributed by atoms with van der Waals surface area (Å²) in [5.41, 5.74) is 5.55. The molecule has 0 radical (unpaired) electrons. The summed E-state index contributed by atoms with van der Waals surface area (Å²) in [5, 5.41) is 11.6. The fraction of sp³-hybridized carbons (Fsp3) is 0. The molecular formula is C48H29N2OPSe2. The van der Waals surface area contributed by atoms with Gasteiger partial charge in [0.25, 0.3) is 0 Å². The molecule has 0 aliphatic carbocycles. The maximum absolute atomic E-state index is 16.7. The molecule has 4 heterocycles. The van der Waals surface area contributed by atoms with Gasteiger partial charge in [-0.2, -0.15) is 0 Å². The van der Waals surface area contributed by atoms with Crippen molar-refractivity contribution in [2.75, 3.05) is 0 Å². The Morgan fingerprint density at radius 3 is 1.50 bits per heavy atom. The van der Waals surface area contributed by atoms with Gasteiger partial charge in [0.15, 0.2) is 0 Å². The number of nitrogens with zero attached hydrogens (tertiary/aromatic N) is 2. The topological polar surface area (TPSA) is 26.9 Å². The zero-order valence-corrected chi connectivity index (χ0v) is 33.1. The average molecular weight is 839 g/mol. The summed E-state index contributed by atoms with van der Waals surface area (Å²) in [6, 6.07) is 62.9. The molecule has 0 saturated carbocycles. The monoisotopic (exact) mass is 840 g/mol. The van der Waals surface area contributed by atoms with Crippen LogP contribution >= 0.6 is 7.29 Å². The van der Waals surface area contributed by atoms with E-state index < -0.39 is 7.29 Å². The molecule has 6 heteroatoms. The molecule has 8 aromatic carbocycles. The first kappa shape index (κ1) is 31.0. The molecule has 1 unspecified atom stereocenters. The van der Waals surface area contributed by atoms with Crippen LogP contribution in [0.2, 0.25) is 0 Å². The molecular weight excluding hydrogens is 809 g/mol. The third kappa shape index (κ3) is 4.17. The number of hydrogen-bond acceptors (Lipinski definition) is 1. The van der Waals surface area contributed by atoms with Crippen LogP contribution in [-0.2, 0) is 4.57 Å². The van der Waals surface area contributed by atoms with Gasteiger partial charge in [-0.3, -0.25) is 0 Å². The fourth-order valence-corrected chi connectivity index (χ4v) is 16.4. The van der Waals surface area contributed by atoms with E-state index in [-0.39, 0.29) is 29.0 Å². The van der Waals surface area contributed by atoms with Crippen molar-refractivity contribution in [1.82, 2.24) is 8.90 Å². The second-order valence-electron chi connectivity index (χ2n) is 14.0. The Morgan fingerprint density at radius 1 is 0.370 bits per heavy atom. The molecule has 12 aromatic rings. The van der Waals surface area contributed by atoms with Crippen molar-refractivity contribution in [2.24, 2.45) is 0 Å². The molecule has 12 rings (SSSR count). The molecule has 54 heavy (non-hydrogen) atoms. The first-order valence-corrected chi connectivity index (χ1v) is 23.2. The van der Waals surface area contributed by atoms with Crippen molar-refractivity contribution >= 4 is 129 Å². The minimum atomic E-state index is -3.50. The van der Waals surface area contributed by atoms with Gasteiger partial charge in [-0.25, -0.2) is 0 Å². The maximum atomic E-state index is 16.7. The summed E-state index contributed by atoms with van der Waals surface area (Å²) in [4.78, 5) is 0. The van der Waals surface area contributed by atoms with E-state index in [2.05, 4.69) is 154 Å². The summed E-state index contributed by atoms with van der Waals surface area (Å²) in [5.74, 6) is 0. The van der Waals surface area contributed by atoms with E-state index in [4.69, 9.17) is 0 Å². The zero-order chi connectivity index (χ0) is 35.5. The molecule has 0 bridgehead atoms. The molecule has 0 saturated heterocycles. The number of hydrogen-bond donors (Lipinski definition) is 0. The van der Waals surface area contributed by atoms with Crippen molar-refractivity contribution in [1.29, 1.82) is 0 Å². The van der Waals surface area contributed by atoms with Gasteiger partial charge in [0, 0.05) is 0 Å². The van der Waals surface area contributed by atoms with Crippen LogP contribution in [-0.4, -0.2) is 37.9 Å². The molecule has 0 fully saturated rings. The third-order valence-electron chi connectivity index (χ3n) is 11.2. The summed E-state index contributed by atoms with van der Waals surface area (Å²) in [6.45, 7) is 0. The van der Waals surface area contributed by atoms with Gasteiger partial charge in [0.05, 0.1) is 0 Å². The predicted octanol–water partition coefficient (Wildman–Crippen LogP) is 11.4. The number of fused-ring (bicyclic) bond motifs is 14. The summed E-state index contributed by atoms with van der Waals surface area (Å²) in [6.07, 6.45) is 0. The number of aromatic nitrogens is 2. The standard InChI is InChI=1S/C48H29N2OPSe2/c51-52(31-12-2-1-3-13-31,50-40-19-9-5-15-34(40)36-27-29-44-46(48(36)50)38-17-7-11-21-42(38)54-44)32-24-22-30(23-25-32)49-39-18-8-4-14-33(39)35-26-28-43-45(47(35)49)37-16-6-10-20-41(37)53-43/h1-29H. The summed E-state index contributed by atoms with van der Waals surface area (Å²) in [7, 11) is -3.50. The number of para-hydroxylation sites is 2. The molecule has 0 aliphatic rings. The van der Waals surface area contributed by atoms with E-state index in [9.17, 15) is 0 Å². The van der Waals surface area contributed by atoms with Crippen molar-refractivity contribution in [3.8, 4) is 5.69 Å². The van der Waals surface area contributed by atoms with E-state index in [0.29, 0.717) is 0 Å². The third-order valence-corrected chi connectivity index (χ3v) is 18.9. The molecule has 1 atom stereocenters. The normalized spacial score (nSPS) is 13.4. The average Bonchev–Trinajstić information content (AvgIpc) is 3.98. The zero-order valence-electron chi connectivity index (χ0n) is 28.8. The van der Waals surface area contributed by atoms with Gasteiger partial charge in [-0.1, -0.05) is 0 Å². The molecule has 254 valence electrons. The SMILES string of the molecule is O=P(c1ccccc1)(c1ccc(-n2c3ccccc3c3ccc4[se]c5ccccc5c4c32)cc1)n1c2ccccc2c2ccc3[se]c4ccccc4c3c21. The molecule has 4 aromatic heterocycles. The van der Waals surface area contributed by atoms with Gasteiger partial charge in [-0.05, 0) is 0 Å². The number of rotatable bonds is 4.